The molecule has 0 atom stereocenters. The maximum Gasteiger partial charge on any atom is 0.211 e. The molecule has 0 radical (unpaired) electrons. The van der Waals surface area contributed by atoms with E-state index in [1.54, 1.807) is 53.1 Å². The molecule has 0 spiro atoms. The van der Waals surface area contributed by atoms with Crippen molar-refractivity contribution in [1.82, 2.24) is 4.57 Å². The molecule has 1 aromatic heterocycles. The van der Waals surface area contributed by atoms with E-state index in [-0.39, 0.29) is 21.1 Å². The first kappa shape index (κ1) is 23.1. The first-order valence-corrected chi connectivity index (χ1v) is 12.4. The molecule has 0 aliphatic rings. The van der Waals surface area contributed by atoms with Gasteiger partial charge in [0.25, 0.3) is 0 Å². The number of hydrogen-bond acceptors (Lipinski definition) is 4. The minimum atomic E-state index is -4.05. The number of aromatic nitrogens is 1. The summed E-state index contributed by atoms with van der Waals surface area (Å²) in [4.78, 5) is 13.2. The van der Waals surface area contributed by atoms with Crippen molar-refractivity contribution < 1.29 is 13.2 Å². The monoisotopic (exact) mass is 481 g/mol. The zero-order valence-corrected chi connectivity index (χ0v) is 20.2. The molecule has 3 aromatic carbocycles. The van der Waals surface area contributed by atoms with Crippen LogP contribution >= 0.6 is 11.6 Å². The van der Waals surface area contributed by atoms with Gasteiger partial charge in [0.1, 0.15) is 10.6 Å². The van der Waals surface area contributed by atoms with E-state index in [0.29, 0.717) is 22.8 Å². The average Bonchev–Trinajstić information content (AvgIpc) is 2.80. The van der Waals surface area contributed by atoms with E-state index in [2.05, 4.69) is 0 Å². The summed E-state index contributed by atoms with van der Waals surface area (Å²) >= 11 is 6.14. The fourth-order valence-electron chi connectivity index (χ4n) is 3.79. The van der Waals surface area contributed by atoms with Crippen LogP contribution in [0.5, 0.6) is 5.75 Å². The summed E-state index contributed by atoms with van der Waals surface area (Å²) in [7, 11) is -2.54. The molecule has 0 saturated heterocycles. The average molecular weight is 482 g/mol. The summed E-state index contributed by atoms with van der Waals surface area (Å²) in [5.74, 6) is 0.745. The van der Waals surface area contributed by atoms with Crippen LogP contribution in [0.25, 0.3) is 10.9 Å². The lowest BCUT2D eigenvalue weighted by atomic mass is 10.0. The molecule has 0 aliphatic carbocycles. The van der Waals surface area contributed by atoms with Crippen molar-refractivity contribution >= 4 is 32.3 Å². The normalized spacial score (nSPS) is 11.8. The maximum absolute atomic E-state index is 13.5. The lowest BCUT2D eigenvalue weighted by Gasteiger charge is -2.15. The highest BCUT2D eigenvalue weighted by molar-refractivity contribution is 7.91. The van der Waals surface area contributed by atoms with Gasteiger partial charge in [-0.05, 0) is 59.5 Å². The van der Waals surface area contributed by atoms with Gasteiger partial charge < -0.3 is 9.30 Å². The molecule has 170 valence electrons. The Labute approximate surface area is 198 Å². The highest BCUT2D eigenvalue weighted by Gasteiger charge is 2.24. The maximum atomic E-state index is 13.5. The molecule has 1 heterocycles. The van der Waals surface area contributed by atoms with Crippen molar-refractivity contribution in [3.8, 4) is 5.75 Å². The van der Waals surface area contributed by atoms with E-state index in [0.717, 1.165) is 11.1 Å². The highest BCUT2D eigenvalue weighted by atomic mass is 35.5. The van der Waals surface area contributed by atoms with E-state index in [4.69, 9.17) is 16.3 Å². The first-order chi connectivity index (χ1) is 15.7. The van der Waals surface area contributed by atoms with Gasteiger partial charge in [0.05, 0.1) is 22.9 Å². The summed E-state index contributed by atoms with van der Waals surface area (Å²) in [5, 5.41) is 0.855. The van der Waals surface area contributed by atoms with Crippen molar-refractivity contribution in [3.05, 3.63) is 99.3 Å². The van der Waals surface area contributed by atoms with E-state index in [9.17, 15) is 13.2 Å². The smallest absolute Gasteiger partial charge is 0.211 e. The predicted molar refractivity (Wildman–Crippen MR) is 131 cm³/mol. The third kappa shape index (κ3) is 4.54. The number of fused-ring (bicyclic) bond motifs is 1. The molecule has 0 bridgehead atoms. The second-order valence-electron chi connectivity index (χ2n) is 8.19. The van der Waals surface area contributed by atoms with Crippen molar-refractivity contribution in [2.75, 3.05) is 7.11 Å². The van der Waals surface area contributed by atoms with Crippen LogP contribution < -0.4 is 10.2 Å². The van der Waals surface area contributed by atoms with Gasteiger partial charge in [-0.25, -0.2) is 8.42 Å². The minimum Gasteiger partial charge on any atom is -0.497 e. The number of sulfone groups is 1. The Morgan fingerprint density at radius 2 is 1.73 bits per heavy atom. The van der Waals surface area contributed by atoms with Gasteiger partial charge in [0, 0.05) is 17.8 Å². The van der Waals surface area contributed by atoms with Crippen LogP contribution in [0.4, 0.5) is 0 Å². The van der Waals surface area contributed by atoms with Gasteiger partial charge >= 0.3 is 0 Å². The van der Waals surface area contributed by atoms with Gasteiger partial charge in [0.2, 0.25) is 15.3 Å². The zero-order valence-electron chi connectivity index (χ0n) is 18.6. The zero-order chi connectivity index (χ0) is 23.8. The third-order valence-corrected chi connectivity index (χ3v) is 7.64. The number of methoxy groups -OCH3 is 1. The lowest BCUT2D eigenvalue weighted by molar-refractivity contribution is 0.415. The number of ether oxygens (including phenoxy) is 1. The van der Waals surface area contributed by atoms with Gasteiger partial charge in [0.15, 0.2) is 0 Å². The Bertz CT molecular complexity index is 1490. The molecular weight excluding hydrogens is 458 g/mol. The van der Waals surface area contributed by atoms with E-state index in [1.807, 2.05) is 32.0 Å². The molecule has 4 aromatic rings. The molecule has 0 aliphatic heterocycles. The Balaban J connectivity index is 1.93. The second-order valence-corrected chi connectivity index (χ2v) is 10.5. The SMILES string of the molecule is COc1ccc2c(c1)c(=O)c(S(=O)(=O)c1ccc(C(C)C)cc1)cn2Cc1cccc(Cl)c1. The number of nitrogens with zero attached hydrogens (tertiary/aromatic N) is 1. The fraction of sp³-hybridized carbons (Fsp3) is 0.192. The Hall–Kier alpha value is -3.09. The molecule has 5 nitrogen and oxygen atoms in total. The number of pyridine rings is 1. The minimum absolute atomic E-state index is 0.0838. The first-order valence-electron chi connectivity index (χ1n) is 10.5. The van der Waals surface area contributed by atoms with Crippen LogP contribution in [0.1, 0.15) is 30.9 Å². The molecule has 0 amide bonds. The van der Waals surface area contributed by atoms with E-state index >= 15 is 0 Å². The summed E-state index contributed by atoms with van der Waals surface area (Å²) < 4.78 is 34.1. The quantitative estimate of drug-likeness (QED) is 0.356. The fourth-order valence-corrected chi connectivity index (χ4v) is 5.37. The Morgan fingerprint density at radius 3 is 2.36 bits per heavy atom. The predicted octanol–water partition coefficient (Wildman–Crippen LogP) is 5.67. The van der Waals surface area contributed by atoms with Crippen LogP contribution in [-0.4, -0.2) is 20.1 Å². The number of hydrogen-bond donors (Lipinski definition) is 0. The standard InChI is InChI=1S/C26H24ClNO4S/c1-17(2)19-7-10-22(11-8-19)33(30,31)25-16-28(15-18-5-4-6-20(27)13-18)24-12-9-21(32-3)14-23(24)26(25)29/h4-14,16-17H,15H2,1-3H3. The van der Waals surface area contributed by atoms with Crippen molar-refractivity contribution in [2.24, 2.45) is 0 Å². The second kappa shape index (κ2) is 9.04. The van der Waals surface area contributed by atoms with E-state index in [1.165, 1.54) is 13.3 Å². The number of rotatable bonds is 6. The number of benzene rings is 3. The molecule has 0 saturated carbocycles. The molecular formula is C26H24ClNO4S. The summed E-state index contributed by atoms with van der Waals surface area (Å²) in [6.07, 6.45) is 1.42. The molecule has 7 heteroatoms. The Kier molecular flexibility index (Phi) is 6.32. The number of halogens is 1. The molecule has 0 N–H and O–H groups in total. The van der Waals surface area contributed by atoms with Crippen LogP contribution in [0, 0.1) is 0 Å². The van der Waals surface area contributed by atoms with Crippen LogP contribution in [-0.2, 0) is 16.4 Å². The third-order valence-electron chi connectivity index (χ3n) is 5.64. The van der Waals surface area contributed by atoms with Crippen LogP contribution in [0.3, 0.4) is 0 Å². The van der Waals surface area contributed by atoms with Gasteiger partial charge in [-0.3, -0.25) is 4.79 Å². The van der Waals surface area contributed by atoms with Crippen molar-refractivity contribution in [3.63, 3.8) is 0 Å². The van der Waals surface area contributed by atoms with Gasteiger partial charge in [-0.15, -0.1) is 0 Å². The lowest BCUT2D eigenvalue weighted by Crippen LogP contribution is -2.19. The molecule has 4 rings (SSSR count). The highest BCUT2D eigenvalue weighted by Crippen LogP contribution is 2.26. The van der Waals surface area contributed by atoms with Crippen molar-refractivity contribution in [2.45, 2.75) is 36.1 Å². The molecule has 0 unspecified atom stereocenters. The molecule has 0 fully saturated rings. The largest absolute Gasteiger partial charge is 0.497 e. The Morgan fingerprint density at radius 1 is 1.00 bits per heavy atom. The summed E-state index contributed by atoms with van der Waals surface area (Å²) in [5.41, 5.74) is 1.96. The van der Waals surface area contributed by atoms with Crippen molar-refractivity contribution in [1.29, 1.82) is 0 Å². The van der Waals surface area contributed by atoms with Gasteiger partial charge in [-0.1, -0.05) is 49.7 Å². The van der Waals surface area contributed by atoms with Crippen LogP contribution in [0.2, 0.25) is 5.02 Å². The topological polar surface area (TPSA) is 65.4 Å². The summed E-state index contributed by atoms with van der Waals surface area (Å²) in [6, 6.07) is 19.1. The molecule has 33 heavy (non-hydrogen) atoms. The van der Waals surface area contributed by atoms with E-state index < -0.39 is 15.3 Å². The summed E-state index contributed by atoms with van der Waals surface area (Å²) in [6.45, 7) is 4.42. The van der Waals surface area contributed by atoms with Crippen LogP contribution in [0.15, 0.2) is 87.5 Å². The van der Waals surface area contributed by atoms with Gasteiger partial charge in [-0.2, -0.15) is 0 Å².